The summed E-state index contributed by atoms with van der Waals surface area (Å²) in [4.78, 5) is 29.7. The van der Waals surface area contributed by atoms with E-state index in [0.717, 1.165) is 37.6 Å². The molecule has 3 heterocycles. The van der Waals surface area contributed by atoms with E-state index in [1.54, 1.807) is 12.4 Å². The number of benzene rings is 1. The van der Waals surface area contributed by atoms with E-state index >= 15 is 0 Å². The highest BCUT2D eigenvalue weighted by Crippen LogP contribution is 2.18. The Morgan fingerprint density at radius 2 is 1.67 bits per heavy atom. The lowest BCUT2D eigenvalue weighted by atomic mass is 10.2. The second kappa shape index (κ2) is 9.21. The first kappa shape index (κ1) is 19.6. The molecule has 1 aliphatic heterocycles. The average molecular weight is 404 g/mol. The number of pyridine rings is 1. The number of aromatic nitrogens is 3. The number of hydrogen-bond acceptors (Lipinski definition) is 7. The number of piperazine rings is 1. The van der Waals surface area contributed by atoms with Crippen molar-refractivity contribution in [1.82, 2.24) is 15.0 Å². The van der Waals surface area contributed by atoms with Crippen LogP contribution in [-0.4, -0.2) is 53.6 Å². The maximum atomic E-state index is 12.1. The molecule has 0 aliphatic carbocycles. The van der Waals surface area contributed by atoms with Crippen molar-refractivity contribution < 1.29 is 9.53 Å². The molecule has 8 heteroatoms. The van der Waals surface area contributed by atoms with Gasteiger partial charge in [0.25, 0.3) is 5.91 Å². The molecule has 1 aromatic carbocycles. The molecule has 30 heavy (non-hydrogen) atoms. The number of hydrogen-bond donors (Lipinski definition) is 1. The molecule has 2 aromatic heterocycles. The molecule has 0 radical (unpaired) electrons. The van der Waals surface area contributed by atoms with Gasteiger partial charge in [0.05, 0.1) is 18.1 Å². The molecule has 0 unspecified atom stereocenters. The predicted molar refractivity (Wildman–Crippen MR) is 116 cm³/mol. The van der Waals surface area contributed by atoms with Gasteiger partial charge in [0.1, 0.15) is 11.6 Å². The van der Waals surface area contributed by atoms with E-state index in [2.05, 4.69) is 30.1 Å². The normalized spacial score (nSPS) is 13.8. The summed E-state index contributed by atoms with van der Waals surface area (Å²) in [5.74, 6) is 2.09. The van der Waals surface area contributed by atoms with Gasteiger partial charge in [0.2, 0.25) is 5.95 Å². The van der Waals surface area contributed by atoms with Gasteiger partial charge in [-0.2, -0.15) is 0 Å². The van der Waals surface area contributed by atoms with Gasteiger partial charge in [-0.15, -0.1) is 0 Å². The number of aryl methyl sites for hydroxylation is 1. The quantitative estimate of drug-likeness (QED) is 0.676. The summed E-state index contributed by atoms with van der Waals surface area (Å²) in [7, 11) is 0. The zero-order valence-corrected chi connectivity index (χ0v) is 16.9. The summed E-state index contributed by atoms with van der Waals surface area (Å²) in [5, 5.41) is 2.77. The number of nitrogens with zero attached hydrogens (tertiary/aromatic N) is 5. The van der Waals surface area contributed by atoms with Crippen LogP contribution in [0.1, 0.15) is 5.56 Å². The molecular formula is C22H24N6O2. The van der Waals surface area contributed by atoms with E-state index in [1.807, 2.05) is 55.6 Å². The van der Waals surface area contributed by atoms with Crippen molar-refractivity contribution in [3.8, 4) is 5.75 Å². The van der Waals surface area contributed by atoms with Crippen LogP contribution < -0.4 is 19.9 Å². The van der Waals surface area contributed by atoms with Crippen molar-refractivity contribution in [2.75, 3.05) is 47.9 Å². The fourth-order valence-electron chi connectivity index (χ4n) is 3.28. The number of carbonyl (C=O) groups excluding carboxylic acids is 1. The van der Waals surface area contributed by atoms with Crippen LogP contribution in [0.4, 0.5) is 17.5 Å². The molecule has 0 spiro atoms. The Bertz CT molecular complexity index is 972. The van der Waals surface area contributed by atoms with Crippen LogP contribution in [0, 0.1) is 6.92 Å². The van der Waals surface area contributed by atoms with Gasteiger partial charge in [-0.25, -0.2) is 15.0 Å². The van der Waals surface area contributed by atoms with Crippen LogP contribution in [0.15, 0.2) is 61.1 Å². The Balaban J connectivity index is 1.27. The van der Waals surface area contributed by atoms with Gasteiger partial charge >= 0.3 is 0 Å². The van der Waals surface area contributed by atoms with E-state index in [4.69, 9.17) is 4.74 Å². The molecule has 1 fully saturated rings. The minimum absolute atomic E-state index is 0.0674. The Labute approximate surface area is 175 Å². The second-order valence-corrected chi connectivity index (χ2v) is 7.04. The summed E-state index contributed by atoms with van der Waals surface area (Å²) in [6.45, 7) is 5.21. The topological polar surface area (TPSA) is 83.5 Å². The SMILES string of the molecule is Cc1ccccc1OCC(=O)Nc1cnc(N2CCN(c3ccccn3)CC2)nc1. The first-order valence-electron chi connectivity index (χ1n) is 9.90. The largest absolute Gasteiger partial charge is 0.483 e. The highest BCUT2D eigenvalue weighted by Gasteiger charge is 2.19. The summed E-state index contributed by atoms with van der Waals surface area (Å²) in [6.07, 6.45) is 5.06. The second-order valence-electron chi connectivity index (χ2n) is 7.04. The molecule has 0 bridgehead atoms. The van der Waals surface area contributed by atoms with Crippen molar-refractivity contribution in [2.24, 2.45) is 0 Å². The van der Waals surface area contributed by atoms with E-state index in [1.165, 1.54) is 0 Å². The zero-order chi connectivity index (χ0) is 20.8. The van der Waals surface area contributed by atoms with Crippen LogP contribution in [0.25, 0.3) is 0 Å². The van der Waals surface area contributed by atoms with Crippen molar-refractivity contribution in [3.05, 3.63) is 66.6 Å². The summed E-state index contributed by atoms with van der Waals surface area (Å²) < 4.78 is 5.57. The van der Waals surface area contributed by atoms with Crippen LogP contribution in [0.2, 0.25) is 0 Å². The van der Waals surface area contributed by atoms with Gasteiger partial charge in [-0.05, 0) is 30.7 Å². The molecular weight excluding hydrogens is 380 g/mol. The van der Waals surface area contributed by atoms with E-state index in [0.29, 0.717) is 17.4 Å². The third-order valence-corrected chi connectivity index (χ3v) is 4.91. The summed E-state index contributed by atoms with van der Waals surface area (Å²) in [6, 6.07) is 13.5. The van der Waals surface area contributed by atoms with Gasteiger partial charge < -0.3 is 19.9 Å². The Morgan fingerprint density at radius 3 is 2.37 bits per heavy atom. The van der Waals surface area contributed by atoms with Gasteiger partial charge in [0.15, 0.2) is 6.61 Å². The third kappa shape index (κ3) is 4.83. The molecule has 3 aromatic rings. The predicted octanol–water partition coefficient (Wildman–Crippen LogP) is 2.52. The van der Waals surface area contributed by atoms with E-state index in [-0.39, 0.29) is 12.5 Å². The number of amides is 1. The number of rotatable bonds is 6. The first-order chi connectivity index (χ1) is 14.7. The monoisotopic (exact) mass is 404 g/mol. The summed E-state index contributed by atoms with van der Waals surface area (Å²) >= 11 is 0. The zero-order valence-electron chi connectivity index (χ0n) is 16.9. The molecule has 1 saturated heterocycles. The minimum Gasteiger partial charge on any atom is -0.483 e. The van der Waals surface area contributed by atoms with Crippen LogP contribution in [-0.2, 0) is 4.79 Å². The lowest BCUT2D eigenvalue weighted by molar-refractivity contribution is -0.118. The van der Waals surface area contributed by atoms with Gasteiger partial charge in [-0.1, -0.05) is 24.3 Å². The molecule has 8 nitrogen and oxygen atoms in total. The fourth-order valence-corrected chi connectivity index (χ4v) is 3.28. The number of ether oxygens (including phenoxy) is 1. The number of nitrogens with one attached hydrogen (secondary N) is 1. The lowest BCUT2D eigenvalue weighted by Crippen LogP contribution is -2.47. The third-order valence-electron chi connectivity index (χ3n) is 4.91. The highest BCUT2D eigenvalue weighted by molar-refractivity contribution is 5.91. The molecule has 1 N–H and O–H groups in total. The summed E-state index contributed by atoms with van der Waals surface area (Å²) in [5.41, 5.74) is 1.53. The Morgan fingerprint density at radius 1 is 0.967 bits per heavy atom. The first-order valence-corrected chi connectivity index (χ1v) is 9.90. The van der Waals surface area contributed by atoms with Gasteiger partial charge in [0, 0.05) is 32.4 Å². The molecule has 0 atom stereocenters. The van der Waals surface area contributed by atoms with Crippen molar-refractivity contribution >= 4 is 23.4 Å². The van der Waals surface area contributed by atoms with Gasteiger partial charge in [-0.3, -0.25) is 4.79 Å². The molecule has 1 aliphatic rings. The number of carbonyl (C=O) groups is 1. The molecule has 0 saturated carbocycles. The number of anilines is 3. The average Bonchev–Trinajstić information content (AvgIpc) is 2.80. The Kier molecular flexibility index (Phi) is 6.03. The lowest BCUT2D eigenvalue weighted by Gasteiger charge is -2.35. The van der Waals surface area contributed by atoms with Crippen molar-refractivity contribution in [3.63, 3.8) is 0 Å². The molecule has 1 amide bonds. The number of para-hydroxylation sites is 1. The highest BCUT2D eigenvalue weighted by atomic mass is 16.5. The fraction of sp³-hybridized carbons (Fsp3) is 0.273. The van der Waals surface area contributed by atoms with E-state index in [9.17, 15) is 4.79 Å². The standard InChI is InChI=1S/C22H24N6O2/c1-17-6-2-3-7-19(17)30-16-21(29)26-18-14-24-22(25-15-18)28-12-10-27(11-13-28)20-8-4-5-9-23-20/h2-9,14-15H,10-13,16H2,1H3,(H,26,29). The molecule has 4 rings (SSSR count). The maximum Gasteiger partial charge on any atom is 0.262 e. The molecule has 154 valence electrons. The minimum atomic E-state index is -0.251. The van der Waals surface area contributed by atoms with Crippen LogP contribution >= 0.6 is 0 Å². The van der Waals surface area contributed by atoms with E-state index < -0.39 is 0 Å². The smallest absolute Gasteiger partial charge is 0.262 e. The van der Waals surface area contributed by atoms with Crippen LogP contribution in [0.3, 0.4) is 0 Å². The van der Waals surface area contributed by atoms with Crippen LogP contribution in [0.5, 0.6) is 5.75 Å². The van der Waals surface area contributed by atoms with Crippen molar-refractivity contribution in [2.45, 2.75) is 6.92 Å². The van der Waals surface area contributed by atoms with Crippen molar-refractivity contribution in [1.29, 1.82) is 0 Å². The maximum absolute atomic E-state index is 12.1. The Hall–Kier alpha value is -3.68.